The maximum atomic E-state index is 7.72. The number of hydrogen-bond acceptors (Lipinski definition) is 2. The number of hydrogen-bond donors (Lipinski definition) is 1. The standard InChI is InChI=1S/C3H5N3/c1-3(5)6-2-4/h1H3,(H2,5,6). The second kappa shape index (κ2) is 2.21. The number of nitrogens with zero attached hydrogens (tertiary/aromatic N) is 2. The van der Waals surface area contributed by atoms with Crippen LogP contribution in [0.1, 0.15) is 6.92 Å². The molecule has 0 spiro atoms. The Labute approximate surface area is 36.1 Å². The SMILES string of the molecule is C/C(N)=N\C#N. The van der Waals surface area contributed by atoms with Gasteiger partial charge in [0, 0.05) is 0 Å². The fourth-order valence-electron chi connectivity index (χ4n) is 0.0789. The van der Waals surface area contributed by atoms with Crippen LogP contribution < -0.4 is 5.73 Å². The molecule has 0 heterocycles. The number of nitriles is 1. The average Bonchev–Trinajstić information content (AvgIpc) is 1.35. The third-order valence-corrected chi connectivity index (χ3v) is 0.226. The van der Waals surface area contributed by atoms with Gasteiger partial charge in [0.2, 0.25) is 6.19 Å². The molecule has 0 radical (unpaired) electrons. The molecular weight excluding hydrogens is 78.1 g/mol. The van der Waals surface area contributed by atoms with Gasteiger partial charge in [-0.3, -0.25) is 0 Å². The Morgan fingerprint density at radius 1 is 2.00 bits per heavy atom. The van der Waals surface area contributed by atoms with E-state index in [9.17, 15) is 0 Å². The van der Waals surface area contributed by atoms with Crippen molar-refractivity contribution in [3.8, 4) is 6.19 Å². The summed E-state index contributed by atoms with van der Waals surface area (Å²) in [4.78, 5) is 3.12. The van der Waals surface area contributed by atoms with Gasteiger partial charge < -0.3 is 5.73 Å². The second-order valence-electron chi connectivity index (χ2n) is 0.853. The summed E-state index contributed by atoms with van der Waals surface area (Å²) in [6.07, 6.45) is 1.53. The summed E-state index contributed by atoms with van der Waals surface area (Å²) < 4.78 is 0. The van der Waals surface area contributed by atoms with E-state index in [1.807, 2.05) is 0 Å². The van der Waals surface area contributed by atoms with E-state index in [0.717, 1.165) is 0 Å². The molecule has 0 saturated carbocycles. The third kappa shape index (κ3) is 2.96. The molecule has 0 aliphatic heterocycles. The van der Waals surface area contributed by atoms with E-state index in [0.29, 0.717) is 5.84 Å². The summed E-state index contributed by atoms with van der Waals surface area (Å²) in [5.74, 6) is 0.303. The second-order valence-corrected chi connectivity index (χ2v) is 0.853. The summed E-state index contributed by atoms with van der Waals surface area (Å²) in [7, 11) is 0. The van der Waals surface area contributed by atoms with Gasteiger partial charge in [0.25, 0.3) is 0 Å². The van der Waals surface area contributed by atoms with Crippen molar-refractivity contribution < 1.29 is 0 Å². The minimum atomic E-state index is 0.303. The predicted octanol–water partition coefficient (Wildman–Crippen LogP) is -0.155. The van der Waals surface area contributed by atoms with E-state index in [4.69, 9.17) is 11.0 Å². The van der Waals surface area contributed by atoms with Crippen molar-refractivity contribution in [2.24, 2.45) is 10.7 Å². The number of aliphatic imine (C=N–C) groups is 1. The van der Waals surface area contributed by atoms with Gasteiger partial charge in [-0.05, 0) is 6.92 Å². The Morgan fingerprint density at radius 3 is 2.50 bits per heavy atom. The third-order valence-electron chi connectivity index (χ3n) is 0.226. The number of amidine groups is 1. The molecule has 0 aromatic carbocycles. The van der Waals surface area contributed by atoms with E-state index >= 15 is 0 Å². The molecule has 0 atom stereocenters. The van der Waals surface area contributed by atoms with Crippen LogP contribution in [0.3, 0.4) is 0 Å². The molecule has 0 rings (SSSR count). The fourth-order valence-corrected chi connectivity index (χ4v) is 0.0789. The van der Waals surface area contributed by atoms with Gasteiger partial charge in [-0.2, -0.15) is 10.3 Å². The van der Waals surface area contributed by atoms with Crippen LogP contribution in [-0.4, -0.2) is 5.84 Å². The smallest absolute Gasteiger partial charge is 0.207 e. The Hall–Kier alpha value is -1.04. The summed E-state index contributed by atoms with van der Waals surface area (Å²) in [6, 6.07) is 0. The largest absolute Gasteiger partial charge is 0.387 e. The first-order valence-electron chi connectivity index (χ1n) is 1.46. The molecule has 32 valence electrons. The summed E-state index contributed by atoms with van der Waals surface area (Å²) in [5, 5.41) is 7.72. The van der Waals surface area contributed by atoms with Gasteiger partial charge in [0.15, 0.2) is 0 Å². The summed E-state index contributed by atoms with van der Waals surface area (Å²) in [5.41, 5.74) is 4.93. The van der Waals surface area contributed by atoms with Gasteiger partial charge in [0.1, 0.15) is 5.84 Å². The lowest BCUT2D eigenvalue weighted by Gasteiger charge is -1.73. The zero-order valence-electron chi connectivity index (χ0n) is 3.47. The van der Waals surface area contributed by atoms with Crippen LogP contribution in [0.15, 0.2) is 4.99 Å². The van der Waals surface area contributed by atoms with Gasteiger partial charge in [-0.25, -0.2) is 0 Å². The van der Waals surface area contributed by atoms with Crippen LogP contribution >= 0.6 is 0 Å². The van der Waals surface area contributed by atoms with E-state index in [1.165, 1.54) is 6.19 Å². The van der Waals surface area contributed by atoms with Crippen LogP contribution in [0.4, 0.5) is 0 Å². The van der Waals surface area contributed by atoms with Crippen molar-refractivity contribution in [1.29, 1.82) is 5.26 Å². The summed E-state index contributed by atoms with van der Waals surface area (Å²) >= 11 is 0. The monoisotopic (exact) mass is 83.0 g/mol. The molecule has 6 heavy (non-hydrogen) atoms. The number of rotatable bonds is 0. The molecule has 0 amide bonds. The zero-order valence-corrected chi connectivity index (χ0v) is 3.47. The zero-order chi connectivity index (χ0) is 4.99. The lowest BCUT2D eigenvalue weighted by molar-refractivity contribution is 1.41. The van der Waals surface area contributed by atoms with Crippen LogP contribution in [-0.2, 0) is 0 Å². The molecule has 3 nitrogen and oxygen atoms in total. The van der Waals surface area contributed by atoms with E-state index in [2.05, 4.69) is 4.99 Å². The highest BCUT2D eigenvalue weighted by atomic mass is 14.8. The van der Waals surface area contributed by atoms with Crippen molar-refractivity contribution in [2.45, 2.75) is 6.92 Å². The van der Waals surface area contributed by atoms with Crippen LogP contribution in [0, 0.1) is 11.5 Å². The Kier molecular flexibility index (Phi) is 1.83. The molecule has 0 aromatic rings. The topological polar surface area (TPSA) is 62.2 Å². The van der Waals surface area contributed by atoms with Crippen LogP contribution in [0.2, 0.25) is 0 Å². The Morgan fingerprint density at radius 2 is 2.50 bits per heavy atom. The van der Waals surface area contributed by atoms with Gasteiger partial charge in [-0.1, -0.05) is 0 Å². The van der Waals surface area contributed by atoms with Gasteiger partial charge in [-0.15, -0.1) is 0 Å². The molecule has 0 unspecified atom stereocenters. The molecular formula is C3H5N3. The molecule has 0 fully saturated rings. The first-order valence-corrected chi connectivity index (χ1v) is 1.46. The fraction of sp³-hybridized carbons (Fsp3) is 0.333. The van der Waals surface area contributed by atoms with Crippen molar-refractivity contribution >= 4 is 5.84 Å². The maximum Gasteiger partial charge on any atom is 0.207 e. The molecule has 0 aliphatic rings. The molecule has 2 N–H and O–H groups in total. The lowest BCUT2D eigenvalue weighted by atomic mass is 10.7. The van der Waals surface area contributed by atoms with Crippen LogP contribution in [0.5, 0.6) is 0 Å². The van der Waals surface area contributed by atoms with Gasteiger partial charge in [0.05, 0.1) is 0 Å². The normalized spacial score (nSPS) is 10.3. The average molecular weight is 83.1 g/mol. The van der Waals surface area contributed by atoms with Crippen molar-refractivity contribution in [3.05, 3.63) is 0 Å². The van der Waals surface area contributed by atoms with Crippen molar-refractivity contribution in [2.75, 3.05) is 0 Å². The van der Waals surface area contributed by atoms with E-state index in [-0.39, 0.29) is 0 Å². The lowest BCUT2D eigenvalue weighted by Crippen LogP contribution is -2.03. The molecule has 0 aromatic heterocycles. The first kappa shape index (κ1) is 4.96. The maximum absolute atomic E-state index is 7.72. The Balaban J connectivity index is 3.51. The van der Waals surface area contributed by atoms with E-state index in [1.54, 1.807) is 6.92 Å². The highest BCUT2D eigenvalue weighted by molar-refractivity contribution is 5.78. The molecule has 0 bridgehead atoms. The van der Waals surface area contributed by atoms with Crippen molar-refractivity contribution in [1.82, 2.24) is 0 Å². The van der Waals surface area contributed by atoms with Crippen molar-refractivity contribution in [3.63, 3.8) is 0 Å². The molecule has 3 heteroatoms. The van der Waals surface area contributed by atoms with E-state index < -0.39 is 0 Å². The summed E-state index contributed by atoms with van der Waals surface area (Å²) in [6.45, 7) is 1.56. The first-order chi connectivity index (χ1) is 2.77. The number of nitrogens with two attached hydrogens (primary N) is 1. The highest BCUT2D eigenvalue weighted by Crippen LogP contribution is 1.58. The Bertz CT molecular complexity index is 93.1. The predicted molar refractivity (Wildman–Crippen MR) is 22.9 cm³/mol. The van der Waals surface area contributed by atoms with Crippen LogP contribution in [0.25, 0.3) is 0 Å². The van der Waals surface area contributed by atoms with Gasteiger partial charge >= 0.3 is 0 Å². The molecule has 0 saturated heterocycles. The molecule has 0 aliphatic carbocycles. The highest BCUT2D eigenvalue weighted by Gasteiger charge is 1.67. The minimum Gasteiger partial charge on any atom is -0.387 e. The minimum absolute atomic E-state index is 0.303. The quantitative estimate of drug-likeness (QED) is 0.251.